The first-order valence-electron chi connectivity index (χ1n) is 9.23. The van der Waals surface area contributed by atoms with Crippen LogP contribution in [0.15, 0.2) is 29.9 Å². The molecule has 2 nitrogen and oxygen atoms in total. The van der Waals surface area contributed by atoms with Crippen LogP contribution in [0.25, 0.3) is 0 Å². The van der Waals surface area contributed by atoms with Crippen LogP contribution >= 0.6 is 0 Å². The molecule has 1 aliphatic rings. The van der Waals surface area contributed by atoms with Gasteiger partial charge in [0.2, 0.25) is 0 Å². The fourth-order valence-corrected chi connectivity index (χ4v) is 3.89. The highest BCUT2D eigenvalue weighted by Crippen LogP contribution is 2.47. The van der Waals surface area contributed by atoms with Gasteiger partial charge in [0.25, 0.3) is 0 Å². The van der Waals surface area contributed by atoms with E-state index in [4.69, 9.17) is 0 Å². The Labute approximate surface area is 146 Å². The molecule has 0 radical (unpaired) electrons. The van der Waals surface area contributed by atoms with Crippen LogP contribution in [0, 0.1) is 12.8 Å². The molecule has 0 heterocycles. The van der Waals surface area contributed by atoms with Gasteiger partial charge in [-0.05, 0) is 69.6 Å². The number of rotatable bonds is 6. The van der Waals surface area contributed by atoms with E-state index in [-0.39, 0.29) is 23.3 Å². The maximum atomic E-state index is 10.8. The average molecular weight is 328 g/mol. The zero-order chi connectivity index (χ0) is 17.9. The lowest BCUT2D eigenvalue weighted by atomic mass is 9.73. The third kappa shape index (κ3) is 3.85. The van der Waals surface area contributed by atoms with Crippen molar-refractivity contribution >= 4 is 0 Å². The Morgan fingerprint density at radius 3 is 2.58 bits per heavy atom. The maximum absolute atomic E-state index is 10.8. The molecule has 24 heavy (non-hydrogen) atoms. The van der Waals surface area contributed by atoms with Crippen LogP contribution in [0.1, 0.15) is 75.5 Å². The Hall–Kier alpha value is -1.70. The molecule has 132 valence electrons. The van der Waals surface area contributed by atoms with Crippen LogP contribution in [-0.4, -0.2) is 10.2 Å². The van der Waals surface area contributed by atoms with Crippen molar-refractivity contribution in [2.75, 3.05) is 0 Å². The second-order valence-corrected chi connectivity index (χ2v) is 7.43. The van der Waals surface area contributed by atoms with Crippen LogP contribution < -0.4 is 0 Å². The molecular formula is C22H32O2. The number of allylic oxidation sites excluding steroid dienone is 3. The summed E-state index contributed by atoms with van der Waals surface area (Å²) in [5.41, 5.74) is 5.09. The molecule has 0 fully saturated rings. The largest absolute Gasteiger partial charge is 0.507 e. The number of unbranched alkanes of at least 4 members (excludes halogenated alkanes) is 2. The van der Waals surface area contributed by atoms with Gasteiger partial charge in [-0.15, -0.1) is 0 Å². The number of benzene rings is 1. The fraction of sp³-hybridized carbons (Fsp3) is 0.545. The molecule has 0 saturated heterocycles. The summed E-state index contributed by atoms with van der Waals surface area (Å²) in [6.07, 6.45) is 8.62. The van der Waals surface area contributed by atoms with Crippen LogP contribution in [0.3, 0.4) is 0 Å². The average Bonchev–Trinajstić information content (AvgIpc) is 2.52. The van der Waals surface area contributed by atoms with E-state index in [1.54, 1.807) is 0 Å². The SMILES string of the molecule is C=C(C)[C@@H]1CCC(C)=C[C@H]1c1c(O)cc(CCCCC)c(C)c1O. The summed E-state index contributed by atoms with van der Waals surface area (Å²) in [6, 6.07) is 1.87. The van der Waals surface area contributed by atoms with Gasteiger partial charge in [-0.2, -0.15) is 0 Å². The van der Waals surface area contributed by atoms with Gasteiger partial charge in [0.15, 0.2) is 0 Å². The van der Waals surface area contributed by atoms with E-state index >= 15 is 0 Å². The predicted octanol–water partition coefficient (Wildman–Crippen LogP) is 6.15. The van der Waals surface area contributed by atoms with E-state index in [1.807, 2.05) is 19.9 Å². The van der Waals surface area contributed by atoms with Gasteiger partial charge in [-0.25, -0.2) is 0 Å². The molecule has 0 unspecified atom stereocenters. The van der Waals surface area contributed by atoms with Crippen LogP contribution in [0.2, 0.25) is 0 Å². The van der Waals surface area contributed by atoms with Gasteiger partial charge >= 0.3 is 0 Å². The Balaban J connectivity index is 2.44. The fourth-order valence-electron chi connectivity index (χ4n) is 3.89. The quantitative estimate of drug-likeness (QED) is 0.485. The lowest BCUT2D eigenvalue weighted by Crippen LogP contribution is -2.17. The van der Waals surface area contributed by atoms with Crippen molar-refractivity contribution in [3.8, 4) is 11.5 Å². The monoisotopic (exact) mass is 328 g/mol. The number of hydrogen-bond acceptors (Lipinski definition) is 2. The normalized spacial score (nSPS) is 20.8. The minimum Gasteiger partial charge on any atom is -0.507 e. The van der Waals surface area contributed by atoms with Crippen LogP contribution in [0.4, 0.5) is 0 Å². The van der Waals surface area contributed by atoms with Crippen molar-refractivity contribution in [3.05, 3.63) is 46.6 Å². The summed E-state index contributed by atoms with van der Waals surface area (Å²) in [5, 5.41) is 21.5. The first-order chi connectivity index (χ1) is 11.4. The highest BCUT2D eigenvalue weighted by molar-refractivity contribution is 5.56. The molecular weight excluding hydrogens is 296 g/mol. The molecule has 2 rings (SSSR count). The van der Waals surface area contributed by atoms with E-state index in [1.165, 1.54) is 18.4 Å². The molecule has 1 aromatic carbocycles. The second kappa shape index (κ2) is 7.92. The second-order valence-electron chi connectivity index (χ2n) is 7.43. The van der Waals surface area contributed by atoms with Gasteiger partial charge < -0.3 is 10.2 Å². The molecule has 0 bridgehead atoms. The molecule has 1 aliphatic carbocycles. The van der Waals surface area contributed by atoms with Crippen molar-refractivity contribution < 1.29 is 10.2 Å². The van der Waals surface area contributed by atoms with E-state index in [0.29, 0.717) is 5.56 Å². The summed E-state index contributed by atoms with van der Waals surface area (Å²) in [4.78, 5) is 0. The maximum Gasteiger partial charge on any atom is 0.126 e. The highest BCUT2D eigenvalue weighted by atomic mass is 16.3. The van der Waals surface area contributed by atoms with Gasteiger partial charge in [-0.1, -0.05) is 43.6 Å². The summed E-state index contributed by atoms with van der Waals surface area (Å²) in [7, 11) is 0. The molecule has 0 aliphatic heterocycles. The lowest BCUT2D eigenvalue weighted by molar-refractivity contribution is 0.403. The molecule has 0 amide bonds. The van der Waals surface area contributed by atoms with Crippen LogP contribution in [0.5, 0.6) is 11.5 Å². The Kier molecular flexibility index (Phi) is 6.15. The molecule has 0 spiro atoms. The summed E-state index contributed by atoms with van der Waals surface area (Å²) < 4.78 is 0. The zero-order valence-electron chi connectivity index (χ0n) is 15.7. The molecule has 1 aromatic rings. The van der Waals surface area contributed by atoms with Gasteiger partial charge in [-0.3, -0.25) is 0 Å². The molecule has 0 aromatic heterocycles. The van der Waals surface area contributed by atoms with Crippen molar-refractivity contribution in [2.24, 2.45) is 5.92 Å². The van der Waals surface area contributed by atoms with E-state index in [2.05, 4.69) is 26.5 Å². The van der Waals surface area contributed by atoms with Crippen molar-refractivity contribution in [1.82, 2.24) is 0 Å². The minimum atomic E-state index is 0.0136. The standard InChI is InChI=1S/C22H32O2/c1-6-7-8-9-17-13-20(23)21(22(24)16(17)5)19-12-15(4)10-11-18(19)14(2)3/h12-13,18-19,23-24H,2,6-11H2,1,3-5H3/t18-,19+/m0/s1. The summed E-state index contributed by atoms with van der Waals surface area (Å²) >= 11 is 0. The van der Waals surface area contributed by atoms with Crippen LogP contribution in [-0.2, 0) is 6.42 Å². The minimum absolute atomic E-state index is 0.0136. The lowest BCUT2D eigenvalue weighted by Gasteiger charge is -2.32. The van der Waals surface area contributed by atoms with Crippen molar-refractivity contribution in [3.63, 3.8) is 0 Å². The number of phenolic OH excluding ortho intramolecular Hbond substituents is 2. The third-order valence-corrected chi connectivity index (χ3v) is 5.44. The Morgan fingerprint density at radius 2 is 1.96 bits per heavy atom. The smallest absolute Gasteiger partial charge is 0.126 e. The van der Waals surface area contributed by atoms with Gasteiger partial charge in [0.1, 0.15) is 11.5 Å². The van der Waals surface area contributed by atoms with Gasteiger partial charge in [0, 0.05) is 11.5 Å². The van der Waals surface area contributed by atoms with Crippen molar-refractivity contribution in [2.45, 2.75) is 72.1 Å². The third-order valence-electron chi connectivity index (χ3n) is 5.44. The number of phenols is 2. The van der Waals surface area contributed by atoms with E-state index in [0.717, 1.165) is 42.4 Å². The molecule has 0 saturated carbocycles. The summed E-state index contributed by atoms with van der Waals surface area (Å²) in [6.45, 7) is 12.5. The molecule has 2 heteroatoms. The first kappa shape index (κ1) is 18.6. The Morgan fingerprint density at radius 1 is 1.25 bits per heavy atom. The predicted molar refractivity (Wildman–Crippen MR) is 102 cm³/mol. The van der Waals surface area contributed by atoms with E-state index in [9.17, 15) is 10.2 Å². The zero-order valence-corrected chi connectivity index (χ0v) is 15.7. The summed E-state index contributed by atoms with van der Waals surface area (Å²) in [5.74, 6) is 0.783. The molecule has 2 N–H and O–H groups in total. The Bertz CT molecular complexity index is 640. The topological polar surface area (TPSA) is 40.5 Å². The van der Waals surface area contributed by atoms with Crippen molar-refractivity contribution in [1.29, 1.82) is 0 Å². The van der Waals surface area contributed by atoms with E-state index < -0.39 is 0 Å². The number of aryl methyl sites for hydroxylation is 1. The highest BCUT2D eigenvalue weighted by Gasteiger charge is 2.30. The van der Waals surface area contributed by atoms with Gasteiger partial charge in [0.05, 0.1) is 0 Å². The number of hydrogen-bond donors (Lipinski definition) is 2. The first-order valence-corrected chi connectivity index (χ1v) is 9.23. The number of aromatic hydroxyl groups is 2. The molecule has 2 atom stereocenters.